The van der Waals surface area contributed by atoms with Crippen molar-refractivity contribution >= 4 is 11.9 Å². The van der Waals surface area contributed by atoms with Crippen LogP contribution in [-0.4, -0.2) is 30.3 Å². The second-order valence-corrected chi connectivity index (χ2v) is 10.0. The van der Waals surface area contributed by atoms with Crippen molar-refractivity contribution in [1.82, 2.24) is 0 Å². The third-order valence-electron chi connectivity index (χ3n) is 7.65. The normalized spacial score (nSPS) is 25.3. The van der Waals surface area contributed by atoms with Crippen LogP contribution in [0.15, 0.2) is 30.4 Å². The molecule has 2 fully saturated rings. The van der Waals surface area contributed by atoms with E-state index >= 15 is 0 Å². The molecule has 2 saturated carbocycles. The third-order valence-corrected chi connectivity index (χ3v) is 7.65. The number of ether oxygens (including phenoxy) is 2. The van der Waals surface area contributed by atoms with Gasteiger partial charge >= 0.3 is 11.9 Å². The first-order valence-electron chi connectivity index (χ1n) is 12.7. The second-order valence-electron chi connectivity index (χ2n) is 10.0. The van der Waals surface area contributed by atoms with Crippen molar-refractivity contribution < 1.29 is 24.2 Å². The highest BCUT2D eigenvalue weighted by Crippen LogP contribution is 2.45. The van der Waals surface area contributed by atoms with Gasteiger partial charge in [-0.1, -0.05) is 39.2 Å². The Bertz CT molecular complexity index is 814. The fourth-order valence-corrected chi connectivity index (χ4v) is 5.84. The van der Waals surface area contributed by atoms with Crippen LogP contribution in [0.25, 0.3) is 0 Å². The van der Waals surface area contributed by atoms with E-state index in [1.807, 2.05) is 6.07 Å². The molecule has 0 bridgehead atoms. The molecular formula is C28H40O5. The van der Waals surface area contributed by atoms with Gasteiger partial charge in [-0.25, -0.2) is 9.59 Å². The molecule has 5 nitrogen and oxygen atoms in total. The molecule has 1 aromatic carbocycles. The minimum Gasteiger partial charge on any atom is -0.490 e. The molecule has 2 aliphatic carbocycles. The first-order valence-corrected chi connectivity index (χ1v) is 12.7. The third kappa shape index (κ3) is 7.09. The van der Waals surface area contributed by atoms with Crippen molar-refractivity contribution in [3.05, 3.63) is 41.5 Å². The van der Waals surface area contributed by atoms with Crippen molar-refractivity contribution in [3.63, 3.8) is 0 Å². The summed E-state index contributed by atoms with van der Waals surface area (Å²) in [6.07, 6.45) is 12.7. The molecule has 0 radical (unpaired) electrons. The highest BCUT2D eigenvalue weighted by Gasteiger charge is 2.32. The van der Waals surface area contributed by atoms with Crippen LogP contribution >= 0.6 is 0 Å². The van der Waals surface area contributed by atoms with Gasteiger partial charge in [-0.05, 0) is 92.9 Å². The molecule has 3 rings (SSSR count). The molecule has 0 aliphatic heterocycles. The van der Waals surface area contributed by atoms with Crippen LogP contribution in [-0.2, 0) is 9.53 Å². The fourth-order valence-electron chi connectivity index (χ4n) is 5.84. The summed E-state index contributed by atoms with van der Waals surface area (Å²) in [5, 5.41) is 9.73. The van der Waals surface area contributed by atoms with E-state index in [1.54, 1.807) is 19.1 Å². The minimum atomic E-state index is -0.886. The van der Waals surface area contributed by atoms with Gasteiger partial charge in [0.1, 0.15) is 19.0 Å². The SMILES string of the molecule is C=C(C)C(=O)OCCOc1ccc(C(=O)O)c(C2CCC(C3CCC(CCC)CC3)CC2)c1. The van der Waals surface area contributed by atoms with Crippen LogP contribution in [0.3, 0.4) is 0 Å². The summed E-state index contributed by atoms with van der Waals surface area (Å²) >= 11 is 0. The van der Waals surface area contributed by atoms with Crippen molar-refractivity contribution in [2.75, 3.05) is 13.2 Å². The highest BCUT2D eigenvalue weighted by molar-refractivity contribution is 5.90. The molecule has 0 saturated heterocycles. The lowest BCUT2D eigenvalue weighted by Gasteiger charge is -2.38. The lowest BCUT2D eigenvalue weighted by molar-refractivity contribution is -0.139. The quantitative estimate of drug-likeness (QED) is 0.239. The van der Waals surface area contributed by atoms with Gasteiger partial charge < -0.3 is 14.6 Å². The smallest absolute Gasteiger partial charge is 0.335 e. The summed E-state index contributed by atoms with van der Waals surface area (Å²) in [4.78, 5) is 23.3. The van der Waals surface area contributed by atoms with Crippen molar-refractivity contribution in [2.45, 2.75) is 84.0 Å². The zero-order chi connectivity index (χ0) is 23.8. The topological polar surface area (TPSA) is 72.8 Å². The number of carbonyl (C=O) groups is 2. The average molecular weight is 457 g/mol. The van der Waals surface area contributed by atoms with Crippen LogP contribution < -0.4 is 4.74 Å². The molecule has 1 aromatic rings. The van der Waals surface area contributed by atoms with Crippen LogP contribution in [0.5, 0.6) is 5.75 Å². The molecule has 33 heavy (non-hydrogen) atoms. The molecule has 0 amide bonds. The predicted octanol–water partition coefficient (Wildman–Crippen LogP) is 6.76. The van der Waals surface area contributed by atoms with Crippen molar-refractivity contribution in [1.29, 1.82) is 0 Å². The Hall–Kier alpha value is -2.30. The monoisotopic (exact) mass is 456 g/mol. The van der Waals surface area contributed by atoms with Gasteiger partial charge in [0.25, 0.3) is 0 Å². The van der Waals surface area contributed by atoms with Crippen LogP contribution in [0.1, 0.15) is 99.9 Å². The number of carbonyl (C=O) groups excluding carboxylic acids is 1. The molecule has 0 spiro atoms. The van der Waals surface area contributed by atoms with E-state index in [-0.39, 0.29) is 19.1 Å². The average Bonchev–Trinajstić information content (AvgIpc) is 2.82. The molecule has 182 valence electrons. The fraction of sp³-hybridized carbons (Fsp3) is 0.643. The zero-order valence-corrected chi connectivity index (χ0v) is 20.3. The Morgan fingerprint density at radius 3 is 2.21 bits per heavy atom. The lowest BCUT2D eigenvalue weighted by Crippen LogP contribution is -2.25. The number of carboxylic acids is 1. The van der Waals surface area contributed by atoms with E-state index in [9.17, 15) is 14.7 Å². The Labute approximate surface area is 198 Å². The van der Waals surface area contributed by atoms with Crippen molar-refractivity contribution in [3.8, 4) is 5.75 Å². The first-order chi connectivity index (χ1) is 15.9. The minimum absolute atomic E-state index is 0.132. The van der Waals surface area contributed by atoms with Gasteiger partial charge in [0.05, 0.1) is 5.56 Å². The van der Waals surface area contributed by atoms with Gasteiger partial charge in [-0.2, -0.15) is 0 Å². The van der Waals surface area contributed by atoms with Gasteiger partial charge in [0, 0.05) is 5.57 Å². The summed E-state index contributed by atoms with van der Waals surface area (Å²) in [5.74, 6) is 2.15. The molecule has 0 atom stereocenters. The van der Waals surface area contributed by atoms with Gasteiger partial charge in [-0.3, -0.25) is 0 Å². The summed E-state index contributed by atoms with van der Waals surface area (Å²) in [5.41, 5.74) is 1.61. The van der Waals surface area contributed by atoms with E-state index in [1.165, 1.54) is 51.4 Å². The number of esters is 1. The predicted molar refractivity (Wildman–Crippen MR) is 130 cm³/mol. The van der Waals surface area contributed by atoms with E-state index in [4.69, 9.17) is 9.47 Å². The number of benzene rings is 1. The summed E-state index contributed by atoms with van der Waals surface area (Å²) in [6, 6.07) is 5.22. The van der Waals surface area contributed by atoms with E-state index in [0.717, 1.165) is 36.2 Å². The van der Waals surface area contributed by atoms with Gasteiger partial charge in [0.2, 0.25) is 0 Å². The molecule has 0 unspecified atom stereocenters. The number of aromatic carboxylic acids is 1. The van der Waals surface area contributed by atoms with E-state index in [0.29, 0.717) is 16.9 Å². The standard InChI is InChI=1S/C28H40O5/c1-4-5-20-6-8-21(9-7-20)22-10-12-23(13-11-22)26-18-24(14-15-25(26)27(29)30)32-16-17-33-28(31)19(2)3/h14-15,18,20-23H,2,4-13,16-17H2,1,3H3,(H,29,30). The Morgan fingerprint density at radius 1 is 1.00 bits per heavy atom. The molecule has 1 N–H and O–H groups in total. The van der Waals surface area contributed by atoms with Crippen LogP contribution in [0.4, 0.5) is 0 Å². The number of rotatable bonds is 10. The Morgan fingerprint density at radius 2 is 1.64 bits per heavy atom. The first kappa shape index (κ1) is 25.3. The largest absolute Gasteiger partial charge is 0.490 e. The summed E-state index contributed by atoms with van der Waals surface area (Å²) in [6.45, 7) is 7.80. The van der Waals surface area contributed by atoms with Gasteiger partial charge in [0.15, 0.2) is 0 Å². The van der Waals surface area contributed by atoms with E-state index in [2.05, 4.69) is 13.5 Å². The van der Waals surface area contributed by atoms with Crippen molar-refractivity contribution in [2.24, 2.45) is 17.8 Å². The lowest BCUT2D eigenvalue weighted by atomic mass is 9.67. The van der Waals surface area contributed by atoms with Crippen LogP contribution in [0.2, 0.25) is 0 Å². The number of hydrogen-bond acceptors (Lipinski definition) is 4. The Kier molecular flexibility index (Phi) is 9.40. The summed E-state index contributed by atoms with van der Waals surface area (Å²) < 4.78 is 10.8. The zero-order valence-electron chi connectivity index (χ0n) is 20.3. The van der Waals surface area contributed by atoms with Gasteiger partial charge in [-0.15, -0.1) is 0 Å². The second kappa shape index (κ2) is 12.2. The maximum Gasteiger partial charge on any atom is 0.335 e. The highest BCUT2D eigenvalue weighted by atomic mass is 16.6. The van der Waals surface area contributed by atoms with Crippen LogP contribution in [0, 0.1) is 17.8 Å². The van der Waals surface area contributed by atoms with E-state index < -0.39 is 11.9 Å². The Balaban J connectivity index is 1.55. The molecule has 5 heteroatoms. The summed E-state index contributed by atoms with van der Waals surface area (Å²) in [7, 11) is 0. The number of hydrogen-bond donors (Lipinski definition) is 1. The molecule has 0 heterocycles. The molecule has 2 aliphatic rings. The molecular weight excluding hydrogens is 416 g/mol. The maximum atomic E-state index is 11.9. The maximum absolute atomic E-state index is 11.9. The molecule has 0 aromatic heterocycles. The number of carboxylic acid groups (broad SMARTS) is 1.